The molecule has 0 aromatic heterocycles. The zero-order valence-corrected chi connectivity index (χ0v) is 9.11. The van der Waals surface area contributed by atoms with Gasteiger partial charge in [0.25, 0.3) is 0 Å². The minimum atomic E-state index is -0.108. The highest BCUT2D eigenvalue weighted by atomic mass is 16.5. The maximum absolute atomic E-state index is 10.0. The van der Waals surface area contributed by atoms with E-state index in [1.54, 1.807) is 0 Å². The average Bonchev–Trinajstić information content (AvgIpc) is 2.75. The monoisotopic (exact) mass is 198 g/mol. The Hall–Kier alpha value is -0.0800. The van der Waals surface area contributed by atoms with E-state index < -0.39 is 0 Å². The SMILES string of the molecule is CC1CC(C(O)CC2CCCC2)CO1. The van der Waals surface area contributed by atoms with E-state index in [1.165, 1.54) is 25.7 Å². The second kappa shape index (κ2) is 4.63. The maximum atomic E-state index is 10.0. The average molecular weight is 198 g/mol. The Morgan fingerprint density at radius 1 is 1.36 bits per heavy atom. The molecule has 0 aromatic rings. The molecule has 3 atom stereocenters. The normalized spacial score (nSPS) is 36.4. The van der Waals surface area contributed by atoms with E-state index in [0.29, 0.717) is 12.0 Å². The molecule has 2 rings (SSSR count). The molecule has 1 saturated heterocycles. The van der Waals surface area contributed by atoms with Crippen molar-refractivity contribution < 1.29 is 9.84 Å². The fourth-order valence-electron chi connectivity index (χ4n) is 2.90. The van der Waals surface area contributed by atoms with Crippen molar-refractivity contribution >= 4 is 0 Å². The lowest BCUT2D eigenvalue weighted by Crippen LogP contribution is -2.23. The molecule has 0 amide bonds. The molecule has 2 aliphatic rings. The van der Waals surface area contributed by atoms with Crippen LogP contribution in [0.3, 0.4) is 0 Å². The molecule has 1 aliphatic carbocycles. The van der Waals surface area contributed by atoms with Crippen molar-refractivity contribution in [1.29, 1.82) is 0 Å². The van der Waals surface area contributed by atoms with Crippen molar-refractivity contribution in [2.45, 2.75) is 57.7 Å². The summed E-state index contributed by atoms with van der Waals surface area (Å²) in [5.74, 6) is 1.20. The van der Waals surface area contributed by atoms with Gasteiger partial charge in [0.1, 0.15) is 0 Å². The summed E-state index contributed by atoms with van der Waals surface area (Å²) in [6.07, 6.45) is 7.72. The molecule has 0 spiro atoms. The zero-order chi connectivity index (χ0) is 9.97. The molecule has 1 N–H and O–H groups in total. The van der Waals surface area contributed by atoms with E-state index in [2.05, 4.69) is 6.92 Å². The Labute approximate surface area is 86.6 Å². The van der Waals surface area contributed by atoms with Gasteiger partial charge in [-0.1, -0.05) is 25.7 Å². The van der Waals surface area contributed by atoms with E-state index in [-0.39, 0.29) is 6.10 Å². The lowest BCUT2D eigenvalue weighted by Gasteiger charge is -2.19. The largest absolute Gasteiger partial charge is 0.393 e. The van der Waals surface area contributed by atoms with Crippen molar-refractivity contribution in [1.82, 2.24) is 0 Å². The van der Waals surface area contributed by atoms with Crippen molar-refractivity contribution in [3.63, 3.8) is 0 Å². The van der Waals surface area contributed by atoms with Crippen LogP contribution in [0.1, 0.15) is 45.4 Å². The summed E-state index contributed by atoms with van der Waals surface area (Å²) in [6, 6.07) is 0. The van der Waals surface area contributed by atoms with E-state index in [1.807, 2.05) is 0 Å². The number of ether oxygens (including phenoxy) is 1. The summed E-state index contributed by atoms with van der Waals surface area (Å²) >= 11 is 0. The Morgan fingerprint density at radius 2 is 2.07 bits per heavy atom. The van der Waals surface area contributed by atoms with Crippen LogP contribution in [0.15, 0.2) is 0 Å². The fourth-order valence-corrected chi connectivity index (χ4v) is 2.90. The highest BCUT2D eigenvalue weighted by Crippen LogP contribution is 2.32. The van der Waals surface area contributed by atoms with Crippen LogP contribution in [0, 0.1) is 11.8 Å². The molecular formula is C12H22O2. The van der Waals surface area contributed by atoms with Gasteiger partial charge >= 0.3 is 0 Å². The Bertz CT molecular complexity index is 175. The highest BCUT2D eigenvalue weighted by Gasteiger charge is 2.30. The van der Waals surface area contributed by atoms with Gasteiger partial charge in [0.05, 0.1) is 18.8 Å². The van der Waals surface area contributed by atoms with Crippen molar-refractivity contribution in [2.24, 2.45) is 11.8 Å². The molecule has 0 aromatic carbocycles. The highest BCUT2D eigenvalue weighted by molar-refractivity contribution is 4.80. The van der Waals surface area contributed by atoms with E-state index in [0.717, 1.165) is 25.4 Å². The van der Waals surface area contributed by atoms with Gasteiger partial charge < -0.3 is 9.84 Å². The predicted octanol–water partition coefficient (Wildman–Crippen LogP) is 2.35. The van der Waals surface area contributed by atoms with Crippen LogP contribution in [0.5, 0.6) is 0 Å². The van der Waals surface area contributed by atoms with Crippen LogP contribution < -0.4 is 0 Å². The van der Waals surface area contributed by atoms with Gasteiger partial charge in [-0.05, 0) is 25.7 Å². The summed E-state index contributed by atoms with van der Waals surface area (Å²) in [5.41, 5.74) is 0. The van der Waals surface area contributed by atoms with Crippen molar-refractivity contribution in [3.8, 4) is 0 Å². The Balaban J connectivity index is 1.74. The Morgan fingerprint density at radius 3 is 2.64 bits per heavy atom. The predicted molar refractivity (Wildman–Crippen MR) is 56.1 cm³/mol. The minimum Gasteiger partial charge on any atom is -0.393 e. The lowest BCUT2D eigenvalue weighted by atomic mass is 9.90. The second-order valence-electron chi connectivity index (χ2n) is 5.09. The first kappa shape index (κ1) is 10.4. The number of rotatable bonds is 3. The fraction of sp³-hybridized carbons (Fsp3) is 1.00. The van der Waals surface area contributed by atoms with Crippen LogP contribution in [0.2, 0.25) is 0 Å². The third-order valence-corrected chi connectivity index (χ3v) is 3.82. The summed E-state index contributed by atoms with van der Waals surface area (Å²) in [4.78, 5) is 0. The van der Waals surface area contributed by atoms with Crippen molar-refractivity contribution in [2.75, 3.05) is 6.61 Å². The van der Waals surface area contributed by atoms with Gasteiger partial charge in [-0.25, -0.2) is 0 Å². The van der Waals surface area contributed by atoms with Crippen LogP contribution in [-0.2, 0) is 4.74 Å². The molecule has 0 radical (unpaired) electrons. The molecule has 2 heteroatoms. The quantitative estimate of drug-likeness (QED) is 0.754. The van der Waals surface area contributed by atoms with Crippen molar-refractivity contribution in [3.05, 3.63) is 0 Å². The second-order valence-corrected chi connectivity index (χ2v) is 5.09. The first-order valence-corrected chi connectivity index (χ1v) is 6.05. The van der Waals surface area contributed by atoms with Crippen LogP contribution in [-0.4, -0.2) is 23.9 Å². The molecule has 2 nitrogen and oxygen atoms in total. The molecule has 1 aliphatic heterocycles. The zero-order valence-electron chi connectivity index (χ0n) is 9.11. The number of aliphatic hydroxyl groups is 1. The topological polar surface area (TPSA) is 29.5 Å². The van der Waals surface area contributed by atoms with Gasteiger partial charge in [0.2, 0.25) is 0 Å². The number of hydrogen-bond donors (Lipinski definition) is 1. The van der Waals surface area contributed by atoms with Gasteiger partial charge in [0.15, 0.2) is 0 Å². The molecule has 82 valence electrons. The molecule has 1 heterocycles. The molecule has 1 saturated carbocycles. The summed E-state index contributed by atoms with van der Waals surface area (Å²) in [6.45, 7) is 2.87. The maximum Gasteiger partial charge on any atom is 0.0594 e. The third-order valence-electron chi connectivity index (χ3n) is 3.82. The molecule has 14 heavy (non-hydrogen) atoms. The summed E-state index contributed by atoms with van der Waals surface area (Å²) in [7, 11) is 0. The number of aliphatic hydroxyl groups excluding tert-OH is 1. The molecular weight excluding hydrogens is 176 g/mol. The third kappa shape index (κ3) is 2.48. The van der Waals surface area contributed by atoms with Gasteiger partial charge in [-0.15, -0.1) is 0 Å². The summed E-state index contributed by atoms with van der Waals surface area (Å²) < 4.78 is 5.49. The van der Waals surface area contributed by atoms with Crippen LogP contribution in [0.25, 0.3) is 0 Å². The van der Waals surface area contributed by atoms with Gasteiger partial charge in [-0.2, -0.15) is 0 Å². The van der Waals surface area contributed by atoms with E-state index in [4.69, 9.17) is 4.74 Å². The molecule has 2 fully saturated rings. The van der Waals surface area contributed by atoms with E-state index in [9.17, 15) is 5.11 Å². The first-order valence-electron chi connectivity index (χ1n) is 6.05. The minimum absolute atomic E-state index is 0.108. The number of hydrogen-bond acceptors (Lipinski definition) is 2. The van der Waals surface area contributed by atoms with Crippen LogP contribution >= 0.6 is 0 Å². The first-order chi connectivity index (χ1) is 6.75. The van der Waals surface area contributed by atoms with Gasteiger partial charge in [-0.3, -0.25) is 0 Å². The standard InChI is InChI=1S/C12H22O2/c1-9-6-11(8-14-9)12(13)7-10-4-2-3-5-10/h9-13H,2-8H2,1H3. The Kier molecular flexibility index (Phi) is 3.45. The summed E-state index contributed by atoms with van der Waals surface area (Å²) in [5, 5.41) is 10.0. The molecule has 3 unspecified atom stereocenters. The van der Waals surface area contributed by atoms with E-state index >= 15 is 0 Å². The van der Waals surface area contributed by atoms with Gasteiger partial charge in [0, 0.05) is 5.92 Å². The molecule has 0 bridgehead atoms. The van der Waals surface area contributed by atoms with Crippen LogP contribution in [0.4, 0.5) is 0 Å². The lowest BCUT2D eigenvalue weighted by molar-refractivity contribution is 0.0652. The smallest absolute Gasteiger partial charge is 0.0594 e.